The van der Waals surface area contributed by atoms with Crippen molar-refractivity contribution in [3.63, 3.8) is 0 Å². The number of nitrogens with one attached hydrogen (secondary N) is 3. The van der Waals surface area contributed by atoms with Crippen molar-refractivity contribution in [2.75, 3.05) is 15.6 Å². The number of aromatic hydroxyl groups is 1. The Morgan fingerprint density at radius 2 is 1.27 bits per heavy atom. The van der Waals surface area contributed by atoms with Crippen molar-refractivity contribution in [3.05, 3.63) is 121 Å². The molecule has 0 amide bonds. The SMILES string of the molecule is N#[N+]c1ccc(NS(=O)(=O)c2ccc(N/N=c3\c(=O)cc/c(=N\Nc4cc(S(=O)(=O)O)cc5cc(S(=O)(=O)O)cc(O)c45)c3=O)cc2)cc1. The van der Waals surface area contributed by atoms with Crippen LogP contribution >= 0.6 is 0 Å². The molecule has 5 aromatic carbocycles. The van der Waals surface area contributed by atoms with Gasteiger partial charge in [-0.25, -0.2) is 8.42 Å². The number of hydrogen-bond acceptors (Lipinski definition) is 14. The Morgan fingerprint density at radius 3 is 1.86 bits per heavy atom. The van der Waals surface area contributed by atoms with E-state index in [0.29, 0.717) is 6.07 Å². The van der Waals surface area contributed by atoms with Crippen molar-refractivity contribution in [3.8, 4) is 5.75 Å². The van der Waals surface area contributed by atoms with Gasteiger partial charge >= 0.3 is 5.69 Å². The van der Waals surface area contributed by atoms with Crippen molar-refractivity contribution in [2.45, 2.75) is 14.7 Å². The number of fused-ring (bicyclic) bond motifs is 1. The molecule has 18 nitrogen and oxygen atoms in total. The van der Waals surface area contributed by atoms with Crippen LogP contribution in [0.5, 0.6) is 5.75 Å². The topological polar surface area (TPSA) is 286 Å². The molecule has 6 N–H and O–H groups in total. The van der Waals surface area contributed by atoms with Crippen LogP contribution in [0.15, 0.2) is 119 Å². The minimum Gasteiger partial charge on any atom is -0.507 e. The molecule has 0 radical (unpaired) electrons. The minimum atomic E-state index is -4.89. The molecule has 49 heavy (non-hydrogen) atoms. The number of nitrogens with zero attached hydrogens (tertiary/aromatic N) is 4. The summed E-state index contributed by atoms with van der Waals surface area (Å²) in [6.07, 6.45) is 0. The Hall–Kier alpha value is -6.05. The maximum Gasteiger partial charge on any atom is 0.385 e. The number of benzene rings is 5. The lowest BCUT2D eigenvalue weighted by Crippen LogP contribution is -2.47. The van der Waals surface area contributed by atoms with E-state index in [1.807, 2.05) is 0 Å². The van der Waals surface area contributed by atoms with Gasteiger partial charge in [0, 0.05) is 29.3 Å². The van der Waals surface area contributed by atoms with Crippen LogP contribution in [-0.2, 0) is 30.3 Å². The van der Waals surface area contributed by atoms with Crippen LogP contribution < -0.4 is 37.1 Å². The van der Waals surface area contributed by atoms with Crippen LogP contribution in [0.25, 0.3) is 15.7 Å². The highest BCUT2D eigenvalue weighted by Crippen LogP contribution is 2.36. The average molecular weight is 727 g/mol. The van der Waals surface area contributed by atoms with Crippen molar-refractivity contribution >= 4 is 63.8 Å². The first-order chi connectivity index (χ1) is 23.0. The smallest absolute Gasteiger partial charge is 0.385 e. The molecule has 250 valence electrons. The number of phenols is 1. The summed E-state index contributed by atoms with van der Waals surface area (Å²) in [5.74, 6) is -0.746. The Labute approximate surface area is 275 Å². The fourth-order valence-electron chi connectivity index (χ4n) is 4.32. The number of phenolic OH excluding ortho intramolecular Hbond substituents is 1. The van der Waals surface area contributed by atoms with E-state index in [2.05, 4.69) is 30.8 Å². The monoisotopic (exact) mass is 726 g/mol. The van der Waals surface area contributed by atoms with Crippen LogP contribution in [0, 0.1) is 5.39 Å². The van der Waals surface area contributed by atoms with Crippen molar-refractivity contribution in [2.24, 2.45) is 10.2 Å². The quantitative estimate of drug-likeness (QED) is 0.0717. The van der Waals surface area contributed by atoms with Gasteiger partial charge in [-0.2, -0.15) is 27.0 Å². The lowest BCUT2D eigenvalue weighted by Gasteiger charge is -2.11. The minimum absolute atomic E-state index is 0.138. The van der Waals surface area contributed by atoms with Gasteiger partial charge in [0.2, 0.25) is 16.3 Å². The Bertz CT molecular complexity index is 2750. The summed E-state index contributed by atoms with van der Waals surface area (Å²) in [4.78, 5) is 26.9. The highest BCUT2D eigenvalue weighted by atomic mass is 32.2. The molecule has 0 atom stereocenters. The number of hydrogen-bond donors (Lipinski definition) is 6. The summed E-state index contributed by atoms with van der Waals surface area (Å²) >= 11 is 0. The molecule has 0 bridgehead atoms. The molecule has 5 aromatic rings. The fourth-order valence-corrected chi connectivity index (χ4v) is 6.46. The average Bonchev–Trinajstić information content (AvgIpc) is 3.03. The molecule has 0 aromatic heterocycles. The number of diazo groups is 1. The summed E-state index contributed by atoms with van der Waals surface area (Å²) in [6, 6.07) is 15.7. The first kappa shape index (κ1) is 34.3. The van der Waals surface area contributed by atoms with Gasteiger partial charge in [0.1, 0.15) is 11.1 Å². The van der Waals surface area contributed by atoms with Crippen LogP contribution in [0.1, 0.15) is 0 Å². The lowest BCUT2D eigenvalue weighted by molar-refractivity contribution is 0.471. The van der Waals surface area contributed by atoms with Crippen LogP contribution in [-0.4, -0.2) is 39.5 Å². The summed E-state index contributed by atoms with van der Waals surface area (Å²) < 4.78 is 93.8. The van der Waals surface area contributed by atoms with Crippen LogP contribution in [0.4, 0.5) is 22.7 Å². The second-order valence-corrected chi connectivity index (χ2v) is 14.5. The zero-order valence-corrected chi connectivity index (χ0v) is 26.7. The molecule has 0 fully saturated rings. The molecule has 5 rings (SSSR count). The van der Waals surface area contributed by atoms with Gasteiger partial charge in [0.05, 0.1) is 26.1 Å². The van der Waals surface area contributed by atoms with Gasteiger partial charge in [-0.05, 0) is 72.1 Å². The Morgan fingerprint density at radius 1 is 0.673 bits per heavy atom. The Kier molecular flexibility index (Phi) is 9.00. The molecular weight excluding hydrogens is 707 g/mol. The zero-order chi connectivity index (χ0) is 35.7. The van der Waals surface area contributed by atoms with E-state index in [1.54, 1.807) is 0 Å². The second-order valence-electron chi connectivity index (χ2n) is 9.95. The maximum absolute atomic E-state index is 13.1. The second kappa shape index (κ2) is 12.9. The molecule has 21 heteroatoms. The molecule has 0 aliphatic heterocycles. The zero-order valence-electron chi connectivity index (χ0n) is 24.2. The van der Waals surface area contributed by atoms with Crippen molar-refractivity contribution in [1.29, 1.82) is 5.39 Å². The molecule has 0 unspecified atom stereocenters. The van der Waals surface area contributed by atoms with Gasteiger partial charge in [0.25, 0.3) is 30.3 Å². The molecule has 0 saturated carbocycles. The highest BCUT2D eigenvalue weighted by Gasteiger charge is 2.20. The summed E-state index contributed by atoms with van der Waals surface area (Å²) in [5, 5.41) is 25.4. The standard InChI is InChI=1S/C28H19N7O11S3/c29-30-16-1-3-18(4-2-16)35-47(39,40)19-7-5-17(6-8-19)31-34-27-24(36)10-9-22(28(27)38)32-33-23-13-20(48(41,42)43)11-15-12-21(49(44,45)46)14-25(37)26(15)23/h1-14,35H,(H4-,31,33,36,37,38,41,42,43,44,45,46)/p+1. The first-order valence-corrected chi connectivity index (χ1v) is 17.6. The van der Waals surface area contributed by atoms with Crippen LogP contribution in [0.2, 0.25) is 0 Å². The summed E-state index contributed by atoms with van der Waals surface area (Å²) in [6.45, 7) is 0. The number of sulfonamides is 1. The van der Waals surface area contributed by atoms with Gasteiger partial charge in [0.15, 0.2) is 10.3 Å². The summed E-state index contributed by atoms with van der Waals surface area (Å²) in [7, 11) is -13.8. The normalized spacial score (nSPS) is 12.8. The van der Waals surface area contributed by atoms with E-state index in [1.165, 1.54) is 48.5 Å². The van der Waals surface area contributed by atoms with E-state index < -0.39 is 67.4 Å². The highest BCUT2D eigenvalue weighted by molar-refractivity contribution is 7.92. The van der Waals surface area contributed by atoms with Gasteiger partial charge in [-0.3, -0.25) is 34.3 Å². The molecule has 0 saturated heterocycles. The maximum atomic E-state index is 13.1. The largest absolute Gasteiger partial charge is 0.507 e. The van der Waals surface area contributed by atoms with E-state index in [4.69, 9.17) is 5.39 Å². The van der Waals surface area contributed by atoms with Crippen LogP contribution in [0.3, 0.4) is 0 Å². The van der Waals surface area contributed by atoms with E-state index >= 15 is 0 Å². The van der Waals surface area contributed by atoms with E-state index in [0.717, 1.165) is 30.3 Å². The van der Waals surface area contributed by atoms with Crippen molar-refractivity contribution < 1.29 is 39.5 Å². The predicted octanol–water partition coefficient (Wildman–Crippen LogP) is 1.78. The molecule has 0 aliphatic carbocycles. The van der Waals surface area contributed by atoms with Gasteiger partial charge in [-0.15, -0.1) is 0 Å². The molecule has 0 aliphatic rings. The van der Waals surface area contributed by atoms with E-state index in [9.17, 15) is 49.1 Å². The van der Waals surface area contributed by atoms with Crippen molar-refractivity contribution in [1.82, 2.24) is 0 Å². The molecule has 0 spiro atoms. The first-order valence-electron chi connectivity index (χ1n) is 13.2. The van der Waals surface area contributed by atoms with Gasteiger partial charge in [-0.1, -0.05) is 0 Å². The number of anilines is 3. The molecule has 0 heterocycles. The third kappa shape index (κ3) is 7.59. The van der Waals surface area contributed by atoms with E-state index in [-0.39, 0.29) is 38.4 Å². The summed E-state index contributed by atoms with van der Waals surface area (Å²) in [5.41, 5.74) is 3.28. The fraction of sp³-hybridized carbons (Fsp3) is 0. The third-order valence-electron chi connectivity index (χ3n) is 6.64. The third-order valence-corrected chi connectivity index (χ3v) is 9.70. The van der Waals surface area contributed by atoms with Gasteiger partial charge < -0.3 is 5.11 Å². The lowest BCUT2D eigenvalue weighted by atomic mass is 10.1. The Balaban J connectivity index is 1.45. The number of rotatable bonds is 9. The predicted molar refractivity (Wildman–Crippen MR) is 173 cm³/mol. The molecular formula is C28H20N7O11S3+.